The van der Waals surface area contributed by atoms with Gasteiger partial charge in [0.25, 0.3) is 15.7 Å². The number of hydrogen-bond acceptors (Lipinski definition) is 16. The van der Waals surface area contributed by atoms with Gasteiger partial charge in [-0.05, 0) is 186 Å². The lowest BCUT2D eigenvalue weighted by Gasteiger charge is -2.37. The Bertz CT molecular complexity index is 4200. The van der Waals surface area contributed by atoms with Gasteiger partial charge in [-0.2, -0.15) is 13.9 Å². The van der Waals surface area contributed by atoms with Crippen molar-refractivity contribution >= 4 is 70.2 Å². The summed E-state index contributed by atoms with van der Waals surface area (Å²) in [6.45, 7) is 23.0. The number of nitro benzene ring substituents is 1. The first-order chi connectivity index (χ1) is 43.6. The lowest BCUT2D eigenvalue weighted by molar-refractivity contribution is -0.385. The van der Waals surface area contributed by atoms with Crippen LogP contribution in [0, 0.1) is 69.9 Å². The summed E-state index contributed by atoms with van der Waals surface area (Å²) in [5.74, 6) is 1.82. The first-order valence-corrected chi connectivity index (χ1v) is 34.4. The van der Waals surface area contributed by atoms with Crippen molar-refractivity contribution in [3.63, 3.8) is 0 Å². The lowest BCUT2D eigenvalue weighted by Crippen LogP contribution is -2.53. The van der Waals surface area contributed by atoms with Gasteiger partial charge in [0.2, 0.25) is 32.7 Å². The third-order valence-corrected chi connectivity index (χ3v) is 22.2. The van der Waals surface area contributed by atoms with Crippen LogP contribution in [0.3, 0.4) is 0 Å². The van der Waals surface area contributed by atoms with Gasteiger partial charge in [0.05, 0.1) is 50.4 Å². The number of nitrogens with zero attached hydrogens (tertiary/aromatic N) is 6. The molecule has 2 aliphatic rings. The number of piperazine rings is 1. The topological polar surface area (TPSA) is 268 Å². The number of non-ortho nitro benzene ring substituents is 1. The zero-order valence-corrected chi connectivity index (χ0v) is 56.2. The number of Topliss-reactive ketones (excluding diaryl/α,β-unsaturated/α-hetero) is 1. The average molecular weight is 1310 g/mol. The predicted molar refractivity (Wildman–Crippen MR) is 357 cm³/mol. The molecule has 21 nitrogen and oxygen atoms in total. The normalized spacial score (nSPS) is 13.6. The third kappa shape index (κ3) is 17.1. The van der Waals surface area contributed by atoms with Gasteiger partial charge in [0, 0.05) is 69.2 Å². The Labute approximate surface area is 540 Å². The Balaban J connectivity index is 0.000000197. The standard InChI is InChI=1S/C26H34N2O5S.C24H23N3O3S.C18H23N3O5S/c1-17-14-18(2)20(4)26(19(17)3)34(30,31)28-12-10-27(11-13-28)21(5)23(29)8-6-22-7-9-24-25(15-22)33-16-32-24;1-17-11-12-19(3)23(13-17)31(29,30)27(22-10-5-4-7-18(22)2)16-24(28)26-21-9-6-8-20(14-21)15-25;1-4-20(5-2)27(24,25)18-13-15(21(22)23)9-12-17(18)19-14-7-10-16(11-8-14)26-6-3/h7,9,14-15,21H,6,8,10-13,16H2,1-5H3;4-14H,16H2,1-3H3,(H,26,28);7-13,19H,4-6H2,1-3H3. The SMILES string of the molecule is CCOc1ccc(Nc2ccc([N+](=O)[O-])cc2S(=O)(=O)N(CC)CC)cc1.Cc1cc(C)c(C)c(S(=O)(=O)N2CCN(C(C)C(=O)CCc3ccc4c(c3)OCO4)CC2)c1C.Cc1ccc(C)c(S(=O)(=O)N(CC(=O)Nc2cccc(C#N)c2)c2ccccc2C)c1. The number of carbonyl (C=O) groups excluding carboxylic acids is 2. The highest BCUT2D eigenvalue weighted by Gasteiger charge is 2.35. The number of aryl methyl sites for hydroxylation is 6. The zero-order valence-electron chi connectivity index (χ0n) is 53.8. The molecule has 0 aliphatic carbocycles. The van der Waals surface area contributed by atoms with Gasteiger partial charge in [0.1, 0.15) is 23.0 Å². The molecule has 1 unspecified atom stereocenters. The van der Waals surface area contributed by atoms with Crippen molar-refractivity contribution in [2.24, 2.45) is 0 Å². The molecule has 488 valence electrons. The number of anilines is 4. The molecule has 2 heterocycles. The van der Waals surface area contributed by atoms with E-state index in [0.29, 0.717) is 84.5 Å². The van der Waals surface area contributed by atoms with E-state index in [0.717, 1.165) is 60.8 Å². The van der Waals surface area contributed by atoms with Gasteiger partial charge in [-0.3, -0.25) is 28.9 Å². The summed E-state index contributed by atoms with van der Waals surface area (Å²) in [4.78, 5) is 38.8. The van der Waals surface area contributed by atoms with Crippen molar-refractivity contribution in [3.05, 3.63) is 194 Å². The number of amides is 1. The summed E-state index contributed by atoms with van der Waals surface area (Å²) in [5, 5.41) is 25.9. The Morgan fingerprint density at radius 3 is 1.99 bits per heavy atom. The summed E-state index contributed by atoms with van der Waals surface area (Å²) >= 11 is 0. The Hall–Kier alpha value is -8.70. The van der Waals surface area contributed by atoms with Gasteiger partial charge in [0.15, 0.2) is 11.5 Å². The molecule has 2 N–H and O–H groups in total. The summed E-state index contributed by atoms with van der Waals surface area (Å²) in [5.41, 5.74) is 8.70. The number of nitriles is 1. The van der Waals surface area contributed by atoms with E-state index in [4.69, 9.17) is 19.5 Å². The number of hydrogen-bond donors (Lipinski definition) is 2. The molecule has 1 amide bonds. The summed E-state index contributed by atoms with van der Waals surface area (Å²) < 4.78 is 100. The molecular formula is C68H80N8O13S3. The van der Waals surface area contributed by atoms with E-state index in [1.165, 1.54) is 22.5 Å². The summed E-state index contributed by atoms with van der Waals surface area (Å²) in [6.07, 6.45) is 1.07. The highest BCUT2D eigenvalue weighted by molar-refractivity contribution is 7.93. The van der Waals surface area contributed by atoms with Crippen molar-refractivity contribution in [1.82, 2.24) is 13.5 Å². The summed E-state index contributed by atoms with van der Waals surface area (Å²) in [6, 6.07) is 39.1. The van der Waals surface area contributed by atoms with Gasteiger partial charge in [-0.25, -0.2) is 25.3 Å². The van der Waals surface area contributed by atoms with Gasteiger partial charge in [-0.15, -0.1) is 0 Å². The molecule has 92 heavy (non-hydrogen) atoms. The van der Waals surface area contributed by atoms with E-state index in [9.17, 15) is 45.0 Å². The van der Waals surface area contributed by atoms with Crippen LogP contribution in [0.1, 0.15) is 84.2 Å². The fraction of sp³-hybridized carbons (Fsp3) is 0.338. The molecule has 0 saturated carbocycles. The number of ether oxygens (including phenoxy) is 3. The van der Waals surface area contributed by atoms with E-state index in [2.05, 4.69) is 15.5 Å². The zero-order chi connectivity index (χ0) is 67.2. The maximum atomic E-state index is 13.6. The number of benzene rings is 7. The number of nitro groups is 1. The van der Waals surface area contributed by atoms with Crippen LogP contribution < -0.4 is 29.1 Å². The largest absolute Gasteiger partial charge is 0.494 e. The molecule has 0 bridgehead atoms. The minimum Gasteiger partial charge on any atom is -0.494 e. The van der Waals surface area contributed by atoms with Crippen molar-refractivity contribution < 1.29 is 54.0 Å². The monoisotopic (exact) mass is 1310 g/mol. The van der Waals surface area contributed by atoms with Crippen LogP contribution in [0.5, 0.6) is 17.2 Å². The van der Waals surface area contributed by atoms with Crippen LogP contribution >= 0.6 is 0 Å². The average Bonchev–Trinajstić information content (AvgIpc) is 0.907. The number of sulfonamides is 3. The fourth-order valence-electron chi connectivity index (χ4n) is 10.6. The number of nitrogens with one attached hydrogen (secondary N) is 2. The second kappa shape index (κ2) is 31.1. The Kier molecular flexibility index (Phi) is 23.9. The van der Waals surface area contributed by atoms with Crippen LogP contribution in [0.15, 0.2) is 148 Å². The highest BCUT2D eigenvalue weighted by atomic mass is 32.2. The predicted octanol–water partition coefficient (Wildman–Crippen LogP) is 11.6. The number of rotatable bonds is 22. The molecule has 1 fully saturated rings. The van der Waals surface area contributed by atoms with Gasteiger partial charge >= 0.3 is 0 Å². The Morgan fingerprint density at radius 2 is 1.36 bits per heavy atom. The molecule has 1 atom stereocenters. The highest BCUT2D eigenvalue weighted by Crippen LogP contribution is 2.36. The van der Waals surface area contributed by atoms with Crippen LogP contribution in [-0.4, -0.2) is 121 Å². The number of para-hydroxylation sites is 1. The van der Waals surface area contributed by atoms with Crippen LogP contribution in [-0.2, 0) is 46.1 Å². The van der Waals surface area contributed by atoms with E-state index >= 15 is 0 Å². The smallest absolute Gasteiger partial charge is 0.270 e. The molecule has 0 radical (unpaired) electrons. The molecule has 7 aromatic carbocycles. The Morgan fingerprint density at radius 1 is 0.696 bits per heavy atom. The van der Waals surface area contributed by atoms with Crippen molar-refractivity contribution in [1.29, 1.82) is 5.26 Å². The molecule has 0 spiro atoms. The first kappa shape index (κ1) is 70.8. The van der Waals surface area contributed by atoms with Crippen molar-refractivity contribution in [2.75, 3.05) is 74.2 Å². The quantitative estimate of drug-likeness (QED) is 0.0472. The number of carbonyl (C=O) groups is 2. The second-order valence-electron chi connectivity index (χ2n) is 22.3. The lowest BCUT2D eigenvalue weighted by atomic mass is 10.0. The molecule has 2 aliphatic heterocycles. The van der Waals surface area contributed by atoms with E-state index in [-0.39, 0.29) is 52.9 Å². The van der Waals surface area contributed by atoms with Crippen LogP contribution in [0.2, 0.25) is 0 Å². The maximum Gasteiger partial charge on any atom is 0.270 e. The van der Waals surface area contributed by atoms with E-state index in [1.54, 1.807) is 105 Å². The summed E-state index contributed by atoms with van der Waals surface area (Å²) in [7, 11) is -11.5. The maximum absolute atomic E-state index is 13.6. The minimum absolute atomic E-state index is 0.130. The van der Waals surface area contributed by atoms with E-state index < -0.39 is 47.4 Å². The molecular weight excluding hydrogens is 1230 g/mol. The molecule has 9 rings (SSSR count). The second-order valence-corrected chi connectivity index (χ2v) is 27.9. The van der Waals surface area contributed by atoms with Crippen molar-refractivity contribution in [3.8, 4) is 23.3 Å². The number of fused-ring (bicyclic) bond motifs is 1. The fourth-order valence-corrected chi connectivity index (χ4v) is 16.1. The molecule has 1 saturated heterocycles. The van der Waals surface area contributed by atoms with Crippen LogP contribution in [0.4, 0.5) is 28.4 Å². The molecule has 7 aromatic rings. The number of ketones is 1. The van der Waals surface area contributed by atoms with E-state index in [1.807, 2.05) is 90.9 Å². The third-order valence-electron chi connectivity index (χ3n) is 16.1. The van der Waals surface area contributed by atoms with Gasteiger partial charge in [-0.1, -0.05) is 62.4 Å². The molecule has 0 aromatic heterocycles. The molecule has 24 heteroatoms. The van der Waals surface area contributed by atoms with Gasteiger partial charge < -0.3 is 24.8 Å². The van der Waals surface area contributed by atoms with Crippen LogP contribution in [0.25, 0.3) is 0 Å². The van der Waals surface area contributed by atoms with Crippen molar-refractivity contribution in [2.45, 2.75) is 110 Å². The minimum atomic E-state index is -4.01. The first-order valence-electron chi connectivity index (χ1n) is 30.1.